The first-order valence-corrected chi connectivity index (χ1v) is 10.0. The number of aliphatic carboxylic acids is 1. The van der Waals surface area contributed by atoms with E-state index < -0.39 is 5.97 Å². The molecule has 136 valence electrons. The van der Waals surface area contributed by atoms with Gasteiger partial charge in [-0.05, 0) is 24.8 Å². The summed E-state index contributed by atoms with van der Waals surface area (Å²) in [6, 6.07) is 10.8. The molecule has 0 radical (unpaired) electrons. The Hall–Kier alpha value is -1.31. The zero-order valence-electron chi connectivity index (χ0n) is 15.3. The summed E-state index contributed by atoms with van der Waals surface area (Å²) in [4.78, 5) is 10.4. The zero-order valence-corrected chi connectivity index (χ0v) is 15.3. The van der Waals surface area contributed by atoms with Crippen LogP contribution in [0.15, 0.2) is 30.3 Å². The van der Waals surface area contributed by atoms with E-state index in [9.17, 15) is 4.79 Å². The molecule has 0 aliphatic carbocycles. The highest BCUT2D eigenvalue weighted by molar-refractivity contribution is 5.66. The van der Waals surface area contributed by atoms with Crippen molar-refractivity contribution >= 4 is 5.97 Å². The first-order chi connectivity index (χ1) is 11.8. The molecule has 24 heavy (non-hydrogen) atoms. The summed E-state index contributed by atoms with van der Waals surface area (Å²) in [6.45, 7) is 0. The number of benzene rings is 1. The monoisotopic (exact) mass is 332 g/mol. The average Bonchev–Trinajstić information content (AvgIpc) is 2.59. The maximum Gasteiger partial charge on any atom is 0.303 e. The molecule has 0 bridgehead atoms. The van der Waals surface area contributed by atoms with Crippen molar-refractivity contribution in [3.8, 4) is 0 Å². The zero-order chi connectivity index (χ0) is 17.3. The van der Waals surface area contributed by atoms with Crippen LogP contribution in [-0.4, -0.2) is 11.1 Å². The number of aryl methyl sites for hydroxylation is 1. The number of carbonyl (C=O) groups is 1. The lowest BCUT2D eigenvalue weighted by atomic mass is 10.0. The number of rotatable bonds is 16. The quantitative estimate of drug-likeness (QED) is 0.339. The topological polar surface area (TPSA) is 37.3 Å². The average molecular weight is 333 g/mol. The van der Waals surface area contributed by atoms with E-state index >= 15 is 0 Å². The van der Waals surface area contributed by atoms with Crippen LogP contribution in [0.1, 0.15) is 95.5 Å². The predicted octanol–water partition coefficient (Wildman–Crippen LogP) is 6.78. The summed E-state index contributed by atoms with van der Waals surface area (Å²) in [7, 11) is 0. The lowest BCUT2D eigenvalue weighted by Gasteiger charge is -2.03. The molecule has 0 atom stereocenters. The van der Waals surface area contributed by atoms with Crippen LogP contribution < -0.4 is 0 Å². The maximum absolute atomic E-state index is 10.4. The van der Waals surface area contributed by atoms with Crippen molar-refractivity contribution in [2.45, 2.75) is 96.3 Å². The number of carboxylic acids is 1. The van der Waals surface area contributed by atoms with Gasteiger partial charge in [-0.1, -0.05) is 101 Å². The Morgan fingerprint density at radius 3 is 1.50 bits per heavy atom. The highest BCUT2D eigenvalue weighted by atomic mass is 16.4. The molecule has 1 aromatic carbocycles. The van der Waals surface area contributed by atoms with Gasteiger partial charge in [0.1, 0.15) is 0 Å². The number of unbranched alkanes of at least 4 members (excludes halogenated alkanes) is 12. The van der Waals surface area contributed by atoms with Crippen LogP contribution in [0.5, 0.6) is 0 Å². The second kappa shape index (κ2) is 15.2. The number of carboxylic acid groups (broad SMARTS) is 1. The van der Waals surface area contributed by atoms with Crippen LogP contribution in [0.3, 0.4) is 0 Å². The second-order valence-electron chi connectivity index (χ2n) is 6.98. The summed E-state index contributed by atoms with van der Waals surface area (Å²) in [5.74, 6) is -0.657. The van der Waals surface area contributed by atoms with Gasteiger partial charge in [-0.25, -0.2) is 0 Å². The van der Waals surface area contributed by atoms with Gasteiger partial charge in [-0.15, -0.1) is 0 Å². The minimum Gasteiger partial charge on any atom is -0.481 e. The van der Waals surface area contributed by atoms with Crippen molar-refractivity contribution in [3.05, 3.63) is 35.9 Å². The Morgan fingerprint density at radius 1 is 0.625 bits per heavy atom. The van der Waals surface area contributed by atoms with Gasteiger partial charge >= 0.3 is 5.97 Å². The Kier molecular flexibility index (Phi) is 13.2. The third-order valence-electron chi connectivity index (χ3n) is 4.70. The standard InChI is InChI=1S/C22H36O2/c23-22(24)20-16-11-9-7-5-3-1-2-4-6-8-10-13-17-21-18-14-12-15-19-21/h12,14-15,18-19H,1-11,13,16-17,20H2,(H,23,24). The van der Waals surface area contributed by atoms with Crippen molar-refractivity contribution in [1.82, 2.24) is 0 Å². The van der Waals surface area contributed by atoms with Crippen molar-refractivity contribution in [2.24, 2.45) is 0 Å². The van der Waals surface area contributed by atoms with E-state index in [0.29, 0.717) is 6.42 Å². The minimum atomic E-state index is -0.657. The molecule has 2 heteroatoms. The van der Waals surface area contributed by atoms with Gasteiger partial charge in [0, 0.05) is 6.42 Å². The van der Waals surface area contributed by atoms with E-state index in [1.165, 1.54) is 82.6 Å². The third-order valence-corrected chi connectivity index (χ3v) is 4.70. The van der Waals surface area contributed by atoms with Crippen LogP contribution in [0, 0.1) is 0 Å². The molecule has 0 spiro atoms. The fourth-order valence-electron chi connectivity index (χ4n) is 3.19. The Labute approximate surface area is 148 Å². The van der Waals surface area contributed by atoms with Gasteiger partial charge in [0.2, 0.25) is 0 Å². The van der Waals surface area contributed by atoms with Gasteiger partial charge in [0.25, 0.3) is 0 Å². The molecule has 0 aliphatic rings. The van der Waals surface area contributed by atoms with Crippen molar-refractivity contribution < 1.29 is 9.90 Å². The number of hydrogen-bond acceptors (Lipinski definition) is 1. The van der Waals surface area contributed by atoms with Crippen LogP contribution in [0.2, 0.25) is 0 Å². The van der Waals surface area contributed by atoms with E-state index in [4.69, 9.17) is 5.11 Å². The van der Waals surface area contributed by atoms with Crippen LogP contribution in [0.25, 0.3) is 0 Å². The molecule has 0 heterocycles. The molecular formula is C22H36O2. The third kappa shape index (κ3) is 13.2. The van der Waals surface area contributed by atoms with Crippen LogP contribution >= 0.6 is 0 Å². The van der Waals surface area contributed by atoms with E-state index in [2.05, 4.69) is 30.3 Å². The molecular weight excluding hydrogens is 296 g/mol. The summed E-state index contributed by atoms with van der Waals surface area (Å²) < 4.78 is 0. The predicted molar refractivity (Wildman–Crippen MR) is 102 cm³/mol. The molecule has 1 rings (SSSR count). The Bertz CT molecular complexity index is 400. The molecule has 0 aliphatic heterocycles. The number of hydrogen-bond donors (Lipinski definition) is 1. The molecule has 0 unspecified atom stereocenters. The lowest BCUT2D eigenvalue weighted by molar-refractivity contribution is -0.137. The molecule has 0 fully saturated rings. The summed E-state index contributed by atoms with van der Waals surface area (Å²) in [5, 5.41) is 8.56. The largest absolute Gasteiger partial charge is 0.481 e. The fraction of sp³-hybridized carbons (Fsp3) is 0.682. The van der Waals surface area contributed by atoms with E-state index in [-0.39, 0.29) is 0 Å². The summed E-state index contributed by atoms with van der Waals surface area (Å²) >= 11 is 0. The van der Waals surface area contributed by atoms with Gasteiger partial charge in [0.15, 0.2) is 0 Å². The maximum atomic E-state index is 10.4. The van der Waals surface area contributed by atoms with Crippen LogP contribution in [-0.2, 0) is 11.2 Å². The van der Waals surface area contributed by atoms with E-state index in [0.717, 1.165) is 12.8 Å². The smallest absolute Gasteiger partial charge is 0.303 e. The van der Waals surface area contributed by atoms with E-state index in [1.54, 1.807) is 0 Å². The summed E-state index contributed by atoms with van der Waals surface area (Å²) in [5.41, 5.74) is 1.47. The normalized spacial score (nSPS) is 10.8. The Balaban J connectivity index is 1.72. The molecule has 0 saturated heterocycles. The first kappa shape index (κ1) is 20.7. The second-order valence-corrected chi connectivity index (χ2v) is 6.98. The minimum absolute atomic E-state index is 0.339. The lowest BCUT2D eigenvalue weighted by Crippen LogP contribution is -1.93. The highest BCUT2D eigenvalue weighted by Crippen LogP contribution is 2.13. The van der Waals surface area contributed by atoms with Gasteiger partial charge in [0.05, 0.1) is 0 Å². The fourth-order valence-corrected chi connectivity index (χ4v) is 3.19. The molecule has 0 aromatic heterocycles. The molecule has 1 N–H and O–H groups in total. The van der Waals surface area contributed by atoms with Crippen LogP contribution in [0.4, 0.5) is 0 Å². The molecule has 2 nitrogen and oxygen atoms in total. The molecule has 0 amide bonds. The molecule has 0 saturated carbocycles. The first-order valence-electron chi connectivity index (χ1n) is 10.0. The van der Waals surface area contributed by atoms with Gasteiger partial charge < -0.3 is 5.11 Å². The van der Waals surface area contributed by atoms with Gasteiger partial charge in [-0.3, -0.25) is 4.79 Å². The Morgan fingerprint density at radius 2 is 1.04 bits per heavy atom. The van der Waals surface area contributed by atoms with Crippen molar-refractivity contribution in [1.29, 1.82) is 0 Å². The molecule has 1 aromatic rings. The van der Waals surface area contributed by atoms with Crippen molar-refractivity contribution in [2.75, 3.05) is 0 Å². The van der Waals surface area contributed by atoms with Crippen molar-refractivity contribution in [3.63, 3.8) is 0 Å². The highest BCUT2D eigenvalue weighted by Gasteiger charge is 1.97. The van der Waals surface area contributed by atoms with E-state index in [1.807, 2.05) is 0 Å². The SMILES string of the molecule is O=C(O)CCCCCCCCCCCCCCCc1ccccc1. The van der Waals surface area contributed by atoms with Gasteiger partial charge in [-0.2, -0.15) is 0 Å². The summed E-state index contributed by atoms with van der Waals surface area (Å²) in [6.07, 6.45) is 18.3.